The summed E-state index contributed by atoms with van der Waals surface area (Å²) in [7, 11) is 0. The van der Waals surface area contributed by atoms with Crippen LogP contribution < -0.4 is 10.6 Å². The van der Waals surface area contributed by atoms with Crippen LogP contribution in [0.5, 0.6) is 0 Å². The van der Waals surface area contributed by atoms with Gasteiger partial charge in [-0.1, -0.05) is 30.3 Å². The Morgan fingerprint density at radius 2 is 1.64 bits per heavy atom. The molecule has 8 nitrogen and oxygen atoms in total. The molecule has 182 valence electrons. The molecule has 1 aliphatic carbocycles. The van der Waals surface area contributed by atoms with Crippen LogP contribution in [0.1, 0.15) is 71.0 Å². The van der Waals surface area contributed by atoms with Crippen molar-refractivity contribution in [1.82, 2.24) is 15.5 Å². The molecule has 2 aliphatic rings. The minimum Gasteiger partial charge on any atom is -0.444 e. The summed E-state index contributed by atoms with van der Waals surface area (Å²) >= 11 is 0. The fourth-order valence-electron chi connectivity index (χ4n) is 4.61. The SMILES string of the molecule is CC(C)(C)OC(=O)N[C@H](C(=O)N1CCCC1)[C@H]1CC[C@H](NC(=O)[C@@H](O)c2ccccc2)CC1. The zero-order valence-corrected chi connectivity index (χ0v) is 19.9. The summed E-state index contributed by atoms with van der Waals surface area (Å²) in [5.41, 5.74) is -0.0890. The van der Waals surface area contributed by atoms with E-state index in [2.05, 4.69) is 10.6 Å². The summed E-state index contributed by atoms with van der Waals surface area (Å²) in [4.78, 5) is 40.0. The van der Waals surface area contributed by atoms with Crippen molar-refractivity contribution >= 4 is 17.9 Å². The number of hydrogen-bond donors (Lipinski definition) is 3. The minimum absolute atomic E-state index is 0.0298. The van der Waals surface area contributed by atoms with E-state index in [1.54, 1.807) is 45.0 Å². The Kier molecular flexibility index (Phi) is 8.35. The van der Waals surface area contributed by atoms with E-state index in [4.69, 9.17) is 4.74 Å². The van der Waals surface area contributed by atoms with E-state index < -0.39 is 29.7 Å². The van der Waals surface area contributed by atoms with Gasteiger partial charge in [0.15, 0.2) is 6.10 Å². The molecule has 1 heterocycles. The first-order chi connectivity index (χ1) is 15.6. The van der Waals surface area contributed by atoms with Crippen molar-refractivity contribution in [3.05, 3.63) is 35.9 Å². The summed E-state index contributed by atoms with van der Waals surface area (Å²) in [6, 6.07) is 8.13. The molecule has 3 amide bonds. The molecule has 1 saturated heterocycles. The topological polar surface area (TPSA) is 108 Å². The van der Waals surface area contributed by atoms with Crippen LogP contribution in [0.15, 0.2) is 30.3 Å². The van der Waals surface area contributed by atoms with Crippen LogP contribution >= 0.6 is 0 Å². The van der Waals surface area contributed by atoms with Gasteiger partial charge in [-0.15, -0.1) is 0 Å². The first kappa shape index (κ1) is 25.0. The number of nitrogens with one attached hydrogen (secondary N) is 2. The molecule has 8 heteroatoms. The lowest BCUT2D eigenvalue weighted by molar-refractivity contribution is -0.134. The van der Waals surface area contributed by atoms with Crippen molar-refractivity contribution in [3.63, 3.8) is 0 Å². The van der Waals surface area contributed by atoms with Crippen LogP contribution in [-0.2, 0) is 14.3 Å². The van der Waals surface area contributed by atoms with Crippen molar-refractivity contribution in [2.75, 3.05) is 13.1 Å². The number of aliphatic hydroxyl groups excluding tert-OH is 1. The zero-order chi connectivity index (χ0) is 24.0. The monoisotopic (exact) mass is 459 g/mol. The van der Waals surface area contributed by atoms with Crippen LogP contribution in [0.3, 0.4) is 0 Å². The summed E-state index contributed by atoms with van der Waals surface area (Å²) in [6.45, 7) is 6.81. The van der Waals surface area contributed by atoms with Gasteiger partial charge in [-0.05, 0) is 70.8 Å². The van der Waals surface area contributed by atoms with Crippen LogP contribution in [0.2, 0.25) is 0 Å². The van der Waals surface area contributed by atoms with Crippen molar-refractivity contribution in [1.29, 1.82) is 0 Å². The van der Waals surface area contributed by atoms with Crippen molar-refractivity contribution < 1.29 is 24.2 Å². The Morgan fingerprint density at radius 1 is 1.03 bits per heavy atom. The summed E-state index contributed by atoms with van der Waals surface area (Å²) < 4.78 is 5.41. The van der Waals surface area contributed by atoms with Gasteiger partial charge >= 0.3 is 6.09 Å². The van der Waals surface area contributed by atoms with Gasteiger partial charge < -0.3 is 25.4 Å². The van der Waals surface area contributed by atoms with E-state index in [-0.39, 0.29) is 17.9 Å². The van der Waals surface area contributed by atoms with Gasteiger partial charge in [-0.25, -0.2) is 4.79 Å². The molecule has 2 atom stereocenters. The third kappa shape index (κ3) is 7.19. The molecular formula is C25H37N3O5. The van der Waals surface area contributed by atoms with Crippen molar-refractivity contribution in [2.45, 2.75) is 83.1 Å². The minimum atomic E-state index is -1.21. The van der Waals surface area contributed by atoms with Crippen LogP contribution in [0.25, 0.3) is 0 Å². The number of likely N-dealkylation sites (tertiary alicyclic amines) is 1. The molecular weight excluding hydrogens is 422 g/mol. The Hall–Kier alpha value is -2.61. The molecule has 3 rings (SSSR count). The standard InChI is InChI=1S/C25H37N3O5/c1-25(2,3)33-24(32)27-20(23(31)28-15-7-8-16-28)17-11-13-19(14-12-17)26-22(30)21(29)18-9-5-4-6-10-18/h4-6,9-10,17,19-21,29H,7-8,11-16H2,1-3H3,(H,26,30)(H,27,32)/t17-,19-,20-,21-/m0/s1. The first-order valence-corrected chi connectivity index (χ1v) is 12.0. The smallest absolute Gasteiger partial charge is 0.408 e. The van der Waals surface area contributed by atoms with E-state index in [0.717, 1.165) is 12.8 Å². The highest BCUT2D eigenvalue weighted by Crippen LogP contribution is 2.29. The van der Waals surface area contributed by atoms with Crippen molar-refractivity contribution in [3.8, 4) is 0 Å². The van der Waals surface area contributed by atoms with E-state index in [0.29, 0.717) is 44.3 Å². The Morgan fingerprint density at radius 3 is 2.21 bits per heavy atom. The molecule has 33 heavy (non-hydrogen) atoms. The summed E-state index contributed by atoms with van der Waals surface area (Å²) in [6.07, 6.45) is 2.90. The third-order valence-electron chi connectivity index (χ3n) is 6.31. The lowest BCUT2D eigenvalue weighted by Crippen LogP contribution is -2.54. The Bertz CT molecular complexity index is 809. The maximum absolute atomic E-state index is 13.2. The fraction of sp³-hybridized carbons (Fsp3) is 0.640. The maximum atomic E-state index is 13.2. The van der Waals surface area contributed by atoms with Gasteiger partial charge in [0.2, 0.25) is 5.91 Å². The predicted octanol–water partition coefficient (Wildman–Crippen LogP) is 2.91. The molecule has 1 aromatic rings. The number of amides is 3. The average Bonchev–Trinajstić information content (AvgIpc) is 3.31. The van der Waals surface area contributed by atoms with E-state index in [1.807, 2.05) is 11.0 Å². The number of benzene rings is 1. The molecule has 1 aromatic carbocycles. The maximum Gasteiger partial charge on any atom is 0.408 e. The molecule has 1 aliphatic heterocycles. The molecule has 0 aromatic heterocycles. The second kappa shape index (κ2) is 11.0. The normalized spacial score (nSPS) is 22.8. The van der Waals surface area contributed by atoms with Gasteiger partial charge in [0, 0.05) is 19.1 Å². The van der Waals surface area contributed by atoms with Crippen LogP contribution in [0.4, 0.5) is 4.79 Å². The average molecular weight is 460 g/mol. The quantitative estimate of drug-likeness (QED) is 0.606. The van der Waals surface area contributed by atoms with E-state index >= 15 is 0 Å². The van der Waals surface area contributed by atoms with Crippen molar-refractivity contribution in [2.24, 2.45) is 5.92 Å². The highest BCUT2D eigenvalue weighted by atomic mass is 16.6. The molecule has 3 N–H and O–H groups in total. The van der Waals surface area contributed by atoms with Gasteiger partial charge in [-0.3, -0.25) is 9.59 Å². The lowest BCUT2D eigenvalue weighted by Gasteiger charge is -2.36. The molecule has 2 fully saturated rings. The number of aliphatic hydroxyl groups is 1. The first-order valence-electron chi connectivity index (χ1n) is 12.0. The Labute approximate surface area is 196 Å². The van der Waals surface area contributed by atoms with Gasteiger partial charge in [-0.2, -0.15) is 0 Å². The number of carbonyl (C=O) groups excluding carboxylic acids is 3. The summed E-state index contributed by atoms with van der Waals surface area (Å²) in [5, 5.41) is 16.1. The fourth-order valence-corrected chi connectivity index (χ4v) is 4.61. The number of alkyl carbamates (subject to hydrolysis) is 1. The molecule has 0 spiro atoms. The highest BCUT2D eigenvalue weighted by Gasteiger charge is 2.37. The zero-order valence-electron chi connectivity index (χ0n) is 19.9. The number of ether oxygens (including phenoxy) is 1. The molecule has 0 radical (unpaired) electrons. The van der Waals surface area contributed by atoms with E-state index in [9.17, 15) is 19.5 Å². The highest BCUT2D eigenvalue weighted by molar-refractivity contribution is 5.86. The molecule has 0 bridgehead atoms. The predicted molar refractivity (Wildman–Crippen MR) is 124 cm³/mol. The van der Waals surface area contributed by atoms with Crippen LogP contribution in [-0.4, -0.2) is 58.7 Å². The number of nitrogens with zero attached hydrogens (tertiary/aromatic N) is 1. The second-order valence-corrected chi connectivity index (χ2v) is 10.1. The third-order valence-corrected chi connectivity index (χ3v) is 6.31. The van der Waals surface area contributed by atoms with Gasteiger partial charge in [0.05, 0.1) is 0 Å². The number of hydrogen-bond acceptors (Lipinski definition) is 5. The number of rotatable bonds is 6. The Balaban J connectivity index is 1.58. The largest absolute Gasteiger partial charge is 0.444 e. The molecule has 0 unspecified atom stereocenters. The second-order valence-electron chi connectivity index (χ2n) is 10.1. The molecule has 1 saturated carbocycles. The van der Waals surface area contributed by atoms with Crippen LogP contribution in [0, 0.1) is 5.92 Å². The lowest BCUT2D eigenvalue weighted by atomic mass is 9.81. The van der Waals surface area contributed by atoms with Gasteiger partial charge in [0.1, 0.15) is 11.6 Å². The van der Waals surface area contributed by atoms with E-state index in [1.165, 1.54) is 0 Å². The summed E-state index contributed by atoms with van der Waals surface area (Å²) in [5.74, 6) is -0.496. The van der Waals surface area contributed by atoms with Gasteiger partial charge in [0.25, 0.3) is 5.91 Å². The number of carbonyl (C=O) groups is 3.